The number of furan rings is 1. The first-order chi connectivity index (χ1) is 7.66. The second kappa shape index (κ2) is 3.01. The van der Waals surface area contributed by atoms with Crippen LogP contribution >= 0.6 is 0 Å². The highest BCUT2D eigenvalue weighted by molar-refractivity contribution is 5.99. The maximum atomic E-state index is 11.3. The van der Waals surface area contributed by atoms with Crippen molar-refractivity contribution in [1.29, 1.82) is 0 Å². The normalized spacial score (nSPS) is 15.5. The van der Waals surface area contributed by atoms with Gasteiger partial charge in [0, 0.05) is 17.0 Å². The standard InChI is InChI=1S/C12H11NO3/c13-12(15)11-10(6-1-2-6)8-4-3-7(14)5-9(8)16-11/h3-6,14H,1-2H2,(H2,13,15). The molecule has 1 fully saturated rings. The number of fused-ring (bicyclic) bond motifs is 1. The maximum Gasteiger partial charge on any atom is 0.284 e. The Labute approximate surface area is 91.7 Å². The average molecular weight is 217 g/mol. The molecule has 1 saturated carbocycles. The van der Waals surface area contributed by atoms with Crippen molar-refractivity contribution >= 4 is 16.9 Å². The Morgan fingerprint density at radius 1 is 1.44 bits per heavy atom. The fourth-order valence-corrected chi connectivity index (χ4v) is 2.07. The minimum absolute atomic E-state index is 0.125. The molecule has 0 spiro atoms. The average Bonchev–Trinajstić information content (AvgIpc) is 2.99. The van der Waals surface area contributed by atoms with E-state index in [4.69, 9.17) is 10.2 Å². The third kappa shape index (κ3) is 1.26. The molecule has 3 rings (SSSR count). The van der Waals surface area contributed by atoms with Crippen LogP contribution in [0.15, 0.2) is 22.6 Å². The molecule has 0 saturated heterocycles. The van der Waals surface area contributed by atoms with Crippen molar-refractivity contribution in [1.82, 2.24) is 0 Å². The topological polar surface area (TPSA) is 76.5 Å². The summed E-state index contributed by atoms with van der Waals surface area (Å²) in [5, 5.41) is 10.2. The summed E-state index contributed by atoms with van der Waals surface area (Å²) in [6, 6.07) is 4.87. The highest BCUT2D eigenvalue weighted by Gasteiger charge is 2.32. The van der Waals surface area contributed by atoms with E-state index in [0.717, 1.165) is 23.8 Å². The molecule has 0 bridgehead atoms. The minimum Gasteiger partial charge on any atom is -0.508 e. The molecule has 0 aliphatic heterocycles. The Morgan fingerprint density at radius 3 is 2.81 bits per heavy atom. The summed E-state index contributed by atoms with van der Waals surface area (Å²) in [7, 11) is 0. The zero-order chi connectivity index (χ0) is 11.3. The second-order valence-corrected chi connectivity index (χ2v) is 4.16. The van der Waals surface area contributed by atoms with E-state index in [-0.39, 0.29) is 11.5 Å². The number of hydrogen-bond donors (Lipinski definition) is 2. The number of amides is 1. The third-order valence-electron chi connectivity index (χ3n) is 2.92. The number of hydrogen-bond acceptors (Lipinski definition) is 3. The smallest absolute Gasteiger partial charge is 0.284 e. The quantitative estimate of drug-likeness (QED) is 0.808. The molecule has 2 aromatic rings. The largest absolute Gasteiger partial charge is 0.508 e. The number of nitrogens with two attached hydrogens (primary N) is 1. The van der Waals surface area contributed by atoms with Crippen LogP contribution in [0.4, 0.5) is 0 Å². The van der Waals surface area contributed by atoms with Crippen molar-refractivity contribution in [2.75, 3.05) is 0 Å². The molecule has 0 atom stereocenters. The fourth-order valence-electron chi connectivity index (χ4n) is 2.07. The van der Waals surface area contributed by atoms with Gasteiger partial charge in [-0.2, -0.15) is 0 Å². The van der Waals surface area contributed by atoms with Gasteiger partial charge < -0.3 is 15.3 Å². The lowest BCUT2D eigenvalue weighted by atomic mass is 10.1. The summed E-state index contributed by atoms with van der Waals surface area (Å²) in [4.78, 5) is 11.3. The first-order valence-corrected chi connectivity index (χ1v) is 5.22. The summed E-state index contributed by atoms with van der Waals surface area (Å²) in [6.45, 7) is 0. The molecule has 1 aliphatic carbocycles. The fraction of sp³-hybridized carbons (Fsp3) is 0.250. The first kappa shape index (κ1) is 9.27. The van der Waals surface area contributed by atoms with E-state index in [9.17, 15) is 9.90 Å². The predicted octanol–water partition coefficient (Wildman–Crippen LogP) is 2.11. The van der Waals surface area contributed by atoms with Gasteiger partial charge in [-0.15, -0.1) is 0 Å². The zero-order valence-electron chi connectivity index (χ0n) is 8.56. The number of carbonyl (C=O) groups is 1. The molecule has 1 aliphatic rings. The lowest BCUT2D eigenvalue weighted by molar-refractivity contribution is 0.0974. The Balaban J connectivity index is 2.32. The molecule has 16 heavy (non-hydrogen) atoms. The molecule has 1 aromatic heterocycles. The van der Waals surface area contributed by atoms with Crippen LogP contribution < -0.4 is 5.73 Å². The van der Waals surface area contributed by atoms with Gasteiger partial charge in [-0.05, 0) is 30.9 Å². The van der Waals surface area contributed by atoms with Crippen LogP contribution in [0.25, 0.3) is 11.0 Å². The van der Waals surface area contributed by atoms with E-state index in [1.807, 2.05) is 0 Å². The second-order valence-electron chi connectivity index (χ2n) is 4.16. The summed E-state index contributed by atoms with van der Waals surface area (Å²) in [5.41, 5.74) is 6.72. The van der Waals surface area contributed by atoms with Gasteiger partial charge in [-0.25, -0.2) is 0 Å². The van der Waals surface area contributed by atoms with Crippen molar-refractivity contribution in [3.05, 3.63) is 29.5 Å². The molecule has 4 heteroatoms. The van der Waals surface area contributed by atoms with Crippen LogP contribution in [0.2, 0.25) is 0 Å². The maximum absolute atomic E-state index is 11.3. The SMILES string of the molecule is NC(=O)c1oc2cc(O)ccc2c1C1CC1. The number of phenols is 1. The van der Waals surface area contributed by atoms with Gasteiger partial charge in [-0.1, -0.05) is 0 Å². The summed E-state index contributed by atoms with van der Waals surface area (Å²) >= 11 is 0. The van der Waals surface area contributed by atoms with Crippen LogP contribution in [-0.4, -0.2) is 11.0 Å². The van der Waals surface area contributed by atoms with Crippen molar-refractivity contribution in [3.8, 4) is 5.75 Å². The van der Waals surface area contributed by atoms with Gasteiger partial charge in [0.15, 0.2) is 5.76 Å². The van der Waals surface area contributed by atoms with Crippen LogP contribution in [-0.2, 0) is 0 Å². The zero-order valence-corrected chi connectivity index (χ0v) is 8.56. The number of carbonyl (C=O) groups excluding carboxylic acids is 1. The predicted molar refractivity (Wildman–Crippen MR) is 58.4 cm³/mol. The number of phenolic OH excluding ortho intramolecular Hbond substituents is 1. The third-order valence-corrected chi connectivity index (χ3v) is 2.92. The monoisotopic (exact) mass is 217 g/mol. The molecular weight excluding hydrogens is 206 g/mol. The molecule has 1 amide bonds. The highest BCUT2D eigenvalue weighted by atomic mass is 16.3. The lowest BCUT2D eigenvalue weighted by Gasteiger charge is -1.96. The Hall–Kier alpha value is -1.97. The van der Waals surface area contributed by atoms with Crippen LogP contribution in [0.1, 0.15) is 34.9 Å². The molecule has 1 aromatic carbocycles. The molecule has 4 nitrogen and oxygen atoms in total. The van der Waals surface area contributed by atoms with Gasteiger partial charge in [0.1, 0.15) is 11.3 Å². The summed E-state index contributed by atoms with van der Waals surface area (Å²) in [5.74, 6) is 0.202. The van der Waals surface area contributed by atoms with Crippen LogP contribution in [0.5, 0.6) is 5.75 Å². The number of benzene rings is 1. The van der Waals surface area contributed by atoms with Gasteiger partial charge in [-0.3, -0.25) is 4.79 Å². The van der Waals surface area contributed by atoms with E-state index < -0.39 is 5.91 Å². The highest BCUT2D eigenvalue weighted by Crippen LogP contribution is 2.46. The Bertz CT molecular complexity index is 581. The summed E-state index contributed by atoms with van der Waals surface area (Å²) < 4.78 is 5.41. The van der Waals surface area contributed by atoms with E-state index in [2.05, 4.69) is 0 Å². The molecule has 3 N–H and O–H groups in total. The molecule has 0 unspecified atom stereocenters. The Kier molecular flexibility index (Phi) is 1.74. The van der Waals surface area contributed by atoms with Gasteiger partial charge in [0.2, 0.25) is 0 Å². The Morgan fingerprint density at radius 2 is 2.19 bits per heavy atom. The van der Waals surface area contributed by atoms with E-state index in [1.54, 1.807) is 12.1 Å². The summed E-state index contributed by atoms with van der Waals surface area (Å²) in [6.07, 6.45) is 2.13. The molecule has 1 heterocycles. The minimum atomic E-state index is -0.544. The van der Waals surface area contributed by atoms with Crippen LogP contribution in [0, 0.1) is 0 Å². The van der Waals surface area contributed by atoms with Gasteiger partial charge >= 0.3 is 0 Å². The molecular formula is C12H11NO3. The first-order valence-electron chi connectivity index (χ1n) is 5.22. The number of aromatic hydroxyl groups is 1. The van der Waals surface area contributed by atoms with E-state index in [0.29, 0.717) is 11.5 Å². The molecule has 0 radical (unpaired) electrons. The van der Waals surface area contributed by atoms with Crippen molar-refractivity contribution < 1.29 is 14.3 Å². The lowest BCUT2D eigenvalue weighted by Crippen LogP contribution is -2.11. The van der Waals surface area contributed by atoms with E-state index >= 15 is 0 Å². The molecule has 82 valence electrons. The van der Waals surface area contributed by atoms with Crippen molar-refractivity contribution in [2.45, 2.75) is 18.8 Å². The number of rotatable bonds is 2. The van der Waals surface area contributed by atoms with Gasteiger partial charge in [0.25, 0.3) is 5.91 Å². The number of primary amides is 1. The van der Waals surface area contributed by atoms with Crippen LogP contribution in [0.3, 0.4) is 0 Å². The van der Waals surface area contributed by atoms with Crippen molar-refractivity contribution in [2.24, 2.45) is 5.73 Å². The van der Waals surface area contributed by atoms with Crippen molar-refractivity contribution in [3.63, 3.8) is 0 Å². The van der Waals surface area contributed by atoms with E-state index in [1.165, 1.54) is 6.07 Å². The van der Waals surface area contributed by atoms with Gasteiger partial charge in [0.05, 0.1) is 0 Å².